The Labute approximate surface area is 102 Å². The molecule has 90 valence electrons. The highest BCUT2D eigenvalue weighted by Crippen LogP contribution is 2.09. The van der Waals surface area contributed by atoms with Crippen LogP contribution in [0.4, 0.5) is 0 Å². The average Bonchev–Trinajstić information content (AvgIpc) is 2.68. The Morgan fingerprint density at radius 1 is 1.65 bits per heavy atom. The number of halogens is 1. The van der Waals surface area contributed by atoms with Crippen LogP contribution in [0.2, 0.25) is 5.15 Å². The molecule has 0 amide bonds. The van der Waals surface area contributed by atoms with Gasteiger partial charge in [0.05, 0.1) is 0 Å². The highest BCUT2D eigenvalue weighted by atomic mass is 35.5. The number of nitro groups is 1. The first-order valence-electron chi connectivity index (χ1n) is 4.97. The summed E-state index contributed by atoms with van der Waals surface area (Å²) in [5, 5.41) is 16.2. The van der Waals surface area contributed by atoms with E-state index in [4.69, 9.17) is 11.6 Å². The van der Waals surface area contributed by atoms with Crippen molar-refractivity contribution in [2.45, 2.75) is 6.54 Å². The van der Waals surface area contributed by atoms with E-state index in [9.17, 15) is 10.1 Å². The third kappa shape index (κ3) is 3.04. The van der Waals surface area contributed by atoms with Crippen LogP contribution in [0, 0.1) is 10.1 Å². The average molecular weight is 258 g/mol. The lowest BCUT2D eigenvalue weighted by molar-refractivity contribution is -0.485. The predicted octanol–water partition coefficient (Wildman–Crippen LogP) is 0.688. The third-order valence-corrected chi connectivity index (χ3v) is 2.53. The fourth-order valence-electron chi connectivity index (χ4n) is 1.57. The Kier molecular flexibility index (Phi) is 3.38. The summed E-state index contributed by atoms with van der Waals surface area (Å²) >= 11 is 5.68. The van der Waals surface area contributed by atoms with Gasteiger partial charge in [-0.25, -0.2) is 15.1 Å². The number of guanidine groups is 1. The van der Waals surface area contributed by atoms with E-state index in [-0.39, 0.29) is 5.96 Å². The smallest absolute Gasteiger partial charge is 0.271 e. The Bertz CT molecular complexity index is 447. The van der Waals surface area contributed by atoms with Crippen LogP contribution in [0.25, 0.3) is 0 Å². The van der Waals surface area contributed by atoms with E-state index in [0.29, 0.717) is 24.8 Å². The summed E-state index contributed by atoms with van der Waals surface area (Å²) in [6, 6.07) is 3.52. The number of hydrazone groups is 1. The van der Waals surface area contributed by atoms with Crippen LogP contribution >= 0.6 is 11.6 Å². The number of aromatic nitrogens is 1. The summed E-state index contributed by atoms with van der Waals surface area (Å²) < 4.78 is 0. The molecule has 1 aromatic rings. The normalized spacial score (nSPS) is 17.2. The topological polar surface area (TPSA) is 83.7 Å². The van der Waals surface area contributed by atoms with Gasteiger partial charge in [0.25, 0.3) is 5.96 Å². The SMILES string of the molecule is O=[N+]([O-])/N=C1\NCCN1[14CH2]c1ccc(Cl)nc1. The summed E-state index contributed by atoms with van der Waals surface area (Å²) in [6.07, 6.45) is 1.64. The second kappa shape index (κ2) is 4.96. The fraction of sp³-hybridized carbons (Fsp3) is 0.333. The Morgan fingerprint density at radius 2 is 2.47 bits per heavy atom. The first-order chi connectivity index (χ1) is 8.15. The van der Waals surface area contributed by atoms with Gasteiger partial charge in [-0.3, -0.25) is 0 Å². The number of pyridine rings is 1. The summed E-state index contributed by atoms with van der Waals surface area (Å²) in [6.45, 7) is 1.84. The minimum atomic E-state index is -0.708. The van der Waals surface area contributed by atoms with Gasteiger partial charge in [-0.1, -0.05) is 17.7 Å². The molecule has 1 N–H and O–H groups in total. The van der Waals surface area contributed by atoms with E-state index in [1.54, 1.807) is 17.2 Å². The molecule has 17 heavy (non-hydrogen) atoms. The van der Waals surface area contributed by atoms with E-state index < -0.39 is 5.03 Å². The molecular formula is C9H10ClN5O2. The van der Waals surface area contributed by atoms with Gasteiger partial charge in [0.15, 0.2) is 5.03 Å². The Hall–Kier alpha value is -1.89. The van der Waals surface area contributed by atoms with Crippen molar-refractivity contribution in [3.05, 3.63) is 39.2 Å². The molecule has 7 nitrogen and oxygen atoms in total. The van der Waals surface area contributed by atoms with Crippen molar-refractivity contribution in [3.63, 3.8) is 0 Å². The van der Waals surface area contributed by atoms with Gasteiger partial charge in [0.2, 0.25) is 0 Å². The molecule has 8 heteroatoms. The lowest BCUT2D eigenvalue weighted by atomic mass is 10.4. The maximum atomic E-state index is 10.3. The van der Waals surface area contributed by atoms with Crippen LogP contribution < -0.4 is 5.32 Å². The largest absolute Gasteiger partial charge is 0.349 e. The molecular weight excluding hydrogens is 248 g/mol. The van der Waals surface area contributed by atoms with Gasteiger partial charge in [-0.05, 0) is 11.6 Å². The maximum absolute atomic E-state index is 10.3. The number of rotatable bonds is 3. The Morgan fingerprint density at radius 3 is 3.12 bits per heavy atom. The molecule has 1 aliphatic rings. The zero-order valence-electron chi connectivity index (χ0n) is 8.84. The first kappa shape index (κ1) is 11.6. The van der Waals surface area contributed by atoms with Crippen molar-refractivity contribution in [3.8, 4) is 0 Å². The minimum absolute atomic E-state index is 0.282. The lowest BCUT2D eigenvalue weighted by Gasteiger charge is -2.14. The molecule has 2 heterocycles. The molecule has 0 atom stereocenters. The minimum Gasteiger partial charge on any atom is -0.349 e. The molecule has 0 saturated carbocycles. The van der Waals surface area contributed by atoms with Crippen LogP contribution in [-0.2, 0) is 6.54 Å². The molecule has 0 radical (unpaired) electrons. The highest BCUT2D eigenvalue weighted by molar-refractivity contribution is 6.29. The number of nitrogens with zero attached hydrogens (tertiary/aromatic N) is 4. The summed E-state index contributed by atoms with van der Waals surface area (Å²) in [5.41, 5.74) is 0.925. The van der Waals surface area contributed by atoms with E-state index in [1.807, 2.05) is 6.07 Å². The number of hydrogen-bond acceptors (Lipinski definition) is 3. The van der Waals surface area contributed by atoms with Crippen molar-refractivity contribution in [2.24, 2.45) is 5.10 Å². The molecule has 0 aromatic carbocycles. The Balaban J connectivity index is 2.07. The summed E-state index contributed by atoms with van der Waals surface area (Å²) in [5.74, 6) is 0.282. The lowest BCUT2D eigenvalue weighted by Crippen LogP contribution is -2.30. The standard InChI is InChI=1S/C9H10ClN5O2/c10-8-2-1-7(5-12-8)6-14-4-3-11-9(14)13-15(16)17/h1-2,5H,3-4,6H2,(H,11,13)/i6+2. The van der Waals surface area contributed by atoms with Gasteiger partial charge in [-0.2, -0.15) is 0 Å². The van der Waals surface area contributed by atoms with Gasteiger partial charge in [-0.15, -0.1) is 0 Å². The number of hydrogen-bond donors (Lipinski definition) is 1. The second-order valence-corrected chi connectivity index (χ2v) is 3.89. The molecule has 0 unspecified atom stereocenters. The zero-order valence-corrected chi connectivity index (χ0v) is 9.59. The van der Waals surface area contributed by atoms with Crippen molar-refractivity contribution < 1.29 is 5.03 Å². The van der Waals surface area contributed by atoms with Crippen LogP contribution in [0.5, 0.6) is 0 Å². The van der Waals surface area contributed by atoms with E-state index in [0.717, 1.165) is 5.56 Å². The van der Waals surface area contributed by atoms with Crippen LogP contribution in [0.3, 0.4) is 0 Å². The maximum Gasteiger partial charge on any atom is 0.271 e. The molecule has 1 aromatic heterocycles. The van der Waals surface area contributed by atoms with Crippen LogP contribution in [0.15, 0.2) is 23.4 Å². The van der Waals surface area contributed by atoms with Gasteiger partial charge in [0, 0.05) is 25.8 Å². The molecule has 0 aliphatic carbocycles. The monoisotopic (exact) mass is 257 g/mol. The highest BCUT2D eigenvalue weighted by Gasteiger charge is 2.21. The van der Waals surface area contributed by atoms with Gasteiger partial charge >= 0.3 is 0 Å². The first-order valence-corrected chi connectivity index (χ1v) is 5.35. The van der Waals surface area contributed by atoms with Crippen LogP contribution in [0.1, 0.15) is 5.56 Å². The second-order valence-electron chi connectivity index (χ2n) is 3.50. The molecule has 1 aliphatic heterocycles. The third-order valence-electron chi connectivity index (χ3n) is 2.30. The van der Waals surface area contributed by atoms with E-state index in [1.165, 1.54) is 0 Å². The zero-order chi connectivity index (χ0) is 12.3. The van der Waals surface area contributed by atoms with Crippen molar-refractivity contribution in [1.29, 1.82) is 0 Å². The molecule has 0 spiro atoms. The van der Waals surface area contributed by atoms with Crippen LogP contribution in [-0.4, -0.2) is 34.0 Å². The van der Waals surface area contributed by atoms with E-state index >= 15 is 0 Å². The van der Waals surface area contributed by atoms with Crippen molar-refractivity contribution in [2.75, 3.05) is 13.1 Å². The van der Waals surface area contributed by atoms with Crippen molar-refractivity contribution in [1.82, 2.24) is 15.2 Å². The summed E-state index contributed by atoms with van der Waals surface area (Å²) in [4.78, 5) is 16.1. The molecule has 1 fully saturated rings. The van der Waals surface area contributed by atoms with Gasteiger partial charge < -0.3 is 10.2 Å². The quantitative estimate of drug-likeness (QED) is 0.489. The van der Waals surface area contributed by atoms with Gasteiger partial charge in [0.1, 0.15) is 10.3 Å². The fourth-order valence-corrected chi connectivity index (χ4v) is 1.68. The number of nitrogens with one attached hydrogen (secondary N) is 1. The molecule has 0 bridgehead atoms. The molecule has 2 rings (SSSR count). The molecule has 1 saturated heterocycles. The summed E-state index contributed by atoms with van der Waals surface area (Å²) in [7, 11) is 0. The van der Waals surface area contributed by atoms with E-state index in [2.05, 4.69) is 15.4 Å². The van der Waals surface area contributed by atoms with Crippen molar-refractivity contribution >= 4 is 17.6 Å². The predicted molar refractivity (Wildman–Crippen MR) is 62.1 cm³/mol.